The van der Waals surface area contributed by atoms with E-state index in [-0.39, 0.29) is 52.1 Å². The van der Waals surface area contributed by atoms with Gasteiger partial charge in [0.1, 0.15) is 46.7 Å². The van der Waals surface area contributed by atoms with E-state index in [0.29, 0.717) is 33.6 Å². The highest BCUT2D eigenvalue weighted by molar-refractivity contribution is 7.15. The second kappa shape index (κ2) is 23.7. The Kier molecular flexibility index (Phi) is 16.9. The van der Waals surface area contributed by atoms with Crippen molar-refractivity contribution in [2.45, 2.75) is 104 Å². The van der Waals surface area contributed by atoms with E-state index >= 15 is 0 Å². The normalized spacial score (nSPS) is 21.7. The van der Waals surface area contributed by atoms with Crippen LogP contribution in [0.4, 0.5) is 0 Å². The van der Waals surface area contributed by atoms with Crippen LogP contribution >= 0.6 is 22.9 Å². The van der Waals surface area contributed by atoms with Crippen molar-refractivity contribution in [1.82, 2.24) is 60.8 Å². The number of carbonyl (C=O) groups is 6. The molecular weight excluding hydrogens is 1050 g/mol. The van der Waals surface area contributed by atoms with Crippen LogP contribution in [0, 0.1) is 26.2 Å². The zero-order chi connectivity index (χ0) is 56.3. The van der Waals surface area contributed by atoms with Crippen LogP contribution in [0.15, 0.2) is 90.1 Å². The van der Waals surface area contributed by atoms with Gasteiger partial charge in [0.25, 0.3) is 0 Å². The molecule has 0 saturated carbocycles. The number of hydrogen-bond acceptors (Lipinski definition) is 14. The van der Waals surface area contributed by atoms with E-state index in [0.717, 1.165) is 37.7 Å². The van der Waals surface area contributed by atoms with Crippen LogP contribution in [0.1, 0.15) is 90.2 Å². The number of carbonyl (C=O) groups excluding carboxylic acids is 6. The molecule has 414 valence electrons. The number of ether oxygens (including phenoxy) is 1. The maximum Gasteiger partial charge on any atom is 0.248 e. The van der Waals surface area contributed by atoms with Gasteiger partial charge in [-0.25, -0.2) is 4.68 Å². The predicted molar refractivity (Wildman–Crippen MR) is 295 cm³/mol. The van der Waals surface area contributed by atoms with Gasteiger partial charge >= 0.3 is 0 Å². The van der Waals surface area contributed by atoms with Gasteiger partial charge < -0.3 is 40.9 Å². The number of aromatic nitrogens is 6. The number of aliphatic hydroxyl groups is 1. The first kappa shape index (κ1) is 56.1. The number of nitrogens with zero attached hydrogens (tertiary/aromatic N) is 9. The van der Waals surface area contributed by atoms with Crippen molar-refractivity contribution in [2.24, 2.45) is 10.4 Å². The molecule has 5 N–H and O–H groups in total. The van der Waals surface area contributed by atoms with E-state index < -0.39 is 83.7 Å². The summed E-state index contributed by atoms with van der Waals surface area (Å²) in [5.41, 5.74) is 5.60. The third kappa shape index (κ3) is 12.6. The Morgan fingerprint density at radius 2 is 1.56 bits per heavy atom. The molecule has 0 radical (unpaired) electrons. The zero-order valence-electron chi connectivity index (χ0n) is 45.0. The van der Waals surface area contributed by atoms with Gasteiger partial charge in [-0.2, -0.15) is 0 Å². The number of amides is 6. The Morgan fingerprint density at radius 1 is 0.861 bits per heavy atom. The summed E-state index contributed by atoms with van der Waals surface area (Å²) in [5.74, 6) is -2.64. The molecule has 79 heavy (non-hydrogen) atoms. The van der Waals surface area contributed by atoms with Gasteiger partial charge in [0, 0.05) is 60.6 Å². The summed E-state index contributed by atoms with van der Waals surface area (Å²) in [4.78, 5) is 94.8. The third-order valence-electron chi connectivity index (χ3n) is 14.4. The average Bonchev–Trinajstić information content (AvgIpc) is 4.23. The van der Waals surface area contributed by atoms with E-state index in [4.69, 9.17) is 21.3 Å². The van der Waals surface area contributed by atoms with Crippen LogP contribution < -0.4 is 21.3 Å². The quantitative estimate of drug-likeness (QED) is 0.144. The first-order valence-corrected chi connectivity index (χ1v) is 27.3. The molecule has 6 atom stereocenters. The molecule has 23 heteroatoms. The number of rotatable bonds is 8. The molecule has 0 spiro atoms. The number of hydrogen-bond donors (Lipinski definition) is 5. The maximum atomic E-state index is 14.6. The molecule has 3 aliphatic rings. The minimum atomic E-state index is -1.33. The second-order valence-corrected chi connectivity index (χ2v) is 22.9. The predicted octanol–water partition coefficient (Wildman–Crippen LogP) is 4.13. The lowest BCUT2D eigenvalue weighted by Crippen LogP contribution is -2.57. The molecule has 1 fully saturated rings. The summed E-state index contributed by atoms with van der Waals surface area (Å²) in [6.45, 7) is 10.4. The summed E-state index contributed by atoms with van der Waals surface area (Å²) in [6, 6.07) is 19.0. The fourth-order valence-corrected chi connectivity index (χ4v) is 11.5. The summed E-state index contributed by atoms with van der Waals surface area (Å²) in [7, 11) is 1.52. The topological polar surface area (TPSA) is 260 Å². The summed E-state index contributed by atoms with van der Waals surface area (Å²) in [6.07, 6.45) is 0.247. The first-order chi connectivity index (χ1) is 37.7. The van der Waals surface area contributed by atoms with Crippen LogP contribution in [-0.4, -0.2) is 150 Å². The minimum absolute atomic E-state index is 0.00474. The fraction of sp³-hybridized carbons (Fsp3) is 0.411. The van der Waals surface area contributed by atoms with E-state index in [1.165, 1.54) is 21.5 Å². The number of aliphatic hydroxyl groups excluding tert-OH is 1. The number of nitrogens with one attached hydrogen (secondary N) is 4. The number of halogens is 1. The Morgan fingerprint density at radius 3 is 2.28 bits per heavy atom. The lowest BCUT2D eigenvalue weighted by Gasteiger charge is -2.35. The van der Waals surface area contributed by atoms with E-state index in [9.17, 15) is 33.9 Å². The molecule has 3 aromatic heterocycles. The van der Waals surface area contributed by atoms with Gasteiger partial charge in [-0.15, -0.1) is 26.6 Å². The fourth-order valence-electron chi connectivity index (χ4n) is 10.1. The van der Waals surface area contributed by atoms with Crippen LogP contribution in [0.3, 0.4) is 0 Å². The summed E-state index contributed by atoms with van der Waals surface area (Å²) >= 11 is 7.90. The average molecular weight is 1110 g/mol. The largest absolute Gasteiger partial charge is 0.391 e. The lowest BCUT2D eigenvalue weighted by molar-refractivity contribution is -0.144. The molecule has 21 nitrogen and oxygen atoms in total. The van der Waals surface area contributed by atoms with Gasteiger partial charge in [0.15, 0.2) is 5.82 Å². The highest BCUT2D eigenvalue weighted by Crippen LogP contribution is 2.40. The molecule has 6 heterocycles. The Balaban J connectivity index is 0.977. The van der Waals surface area contributed by atoms with E-state index in [1.807, 2.05) is 113 Å². The minimum Gasteiger partial charge on any atom is -0.391 e. The third-order valence-corrected chi connectivity index (χ3v) is 15.8. The van der Waals surface area contributed by atoms with Crippen molar-refractivity contribution < 1.29 is 38.6 Å². The van der Waals surface area contributed by atoms with Gasteiger partial charge in [0.05, 0.1) is 44.2 Å². The lowest BCUT2D eigenvalue weighted by atomic mass is 9.85. The van der Waals surface area contributed by atoms with Crippen molar-refractivity contribution in [3.63, 3.8) is 0 Å². The highest BCUT2D eigenvalue weighted by Gasteiger charge is 2.46. The highest BCUT2D eigenvalue weighted by atomic mass is 35.5. The van der Waals surface area contributed by atoms with Crippen molar-refractivity contribution >= 4 is 64.1 Å². The van der Waals surface area contributed by atoms with Gasteiger partial charge in [-0.1, -0.05) is 104 Å². The van der Waals surface area contributed by atoms with Gasteiger partial charge in [-0.3, -0.25) is 38.3 Å². The van der Waals surface area contributed by atoms with Crippen molar-refractivity contribution in [3.05, 3.63) is 135 Å². The molecule has 3 aromatic carbocycles. The van der Waals surface area contributed by atoms with Crippen LogP contribution in [0.5, 0.6) is 0 Å². The molecule has 0 unspecified atom stereocenters. The summed E-state index contributed by atoms with van der Waals surface area (Å²) < 4.78 is 9.22. The Labute approximate surface area is 466 Å². The van der Waals surface area contributed by atoms with Crippen LogP contribution in [0.2, 0.25) is 5.02 Å². The molecule has 1 saturated heterocycles. The smallest absolute Gasteiger partial charge is 0.248 e. The molecule has 6 aromatic rings. The van der Waals surface area contributed by atoms with Gasteiger partial charge in [0.2, 0.25) is 35.4 Å². The molecular formula is C56H64ClN13O8S. The van der Waals surface area contributed by atoms with Crippen LogP contribution in [0.25, 0.3) is 16.1 Å². The SMILES string of the molecule is Cc1sc2c(c1C)C(c1ccc(Cl)cc1)=N[C@@H](CC(=O)N(C)C[C@H]1NC(=O)CNC(=O)[C@@H](Cc3ccc(-c4ccccc4)cc3)NC(=O)[C@@H]3C[C@@H](O)CN3C(=O)[C@H](C(C)(C)C)n3cc(nn3)COCCNC1=O)c1nnc(C)n1-2. The van der Waals surface area contributed by atoms with E-state index in [2.05, 4.69) is 41.8 Å². The number of likely N-dealkylation sites (N-methyl/N-ethyl adjacent to an activating group) is 1. The Hall–Kier alpha value is -7.66. The zero-order valence-corrected chi connectivity index (χ0v) is 46.6. The molecule has 2 bridgehead atoms. The number of benzene rings is 3. The monoisotopic (exact) mass is 1110 g/mol. The van der Waals surface area contributed by atoms with Crippen molar-refractivity contribution in [1.29, 1.82) is 0 Å². The number of thiophene rings is 1. The number of aliphatic imine (C=N–C) groups is 1. The maximum absolute atomic E-state index is 14.6. The van der Waals surface area contributed by atoms with E-state index in [1.54, 1.807) is 29.7 Å². The molecule has 3 aliphatic heterocycles. The number of fused-ring (bicyclic) bond motifs is 6. The van der Waals surface area contributed by atoms with Crippen molar-refractivity contribution in [3.8, 4) is 16.1 Å². The molecule has 6 amide bonds. The molecule has 9 rings (SSSR count). The first-order valence-electron chi connectivity index (χ1n) is 26.1. The number of aryl methyl sites for hydroxylation is 2. The van der Waals surface area contributed by atoms with Crippen molar-refractivity contribution in [2.75, 3.05) is 39.8 Å². The molecule has 0 aliphatic carbocycles. The standard InChI is InChI=1S/C56H64ClN13O8S/c1-31-32(2)79-55-47(31)48(37-17-19-38(57)20-18-37)61-41(50-65-63-33(3)70(50)55)25-46(73)67(7)29-43-52(75)58-21-22-78-30-39-27-69(66-64-39)49(56(4,5)6)54(77)68-28-40(71)24-44(68)53(76)62-42(51(74)59-26-45(72)60-43)23-34-13-15-36(16-14-34)35-11-9-8-10-12-35/h8-20,27,40-44,49,71H,21-26,28-30H2,1-7H3,(H,58,75)(H,59,74)(H,60,72)(H,62,76)/t40-,41+,42-,43-,44+,49-/m1/s1. The Bertz CT molecular complexity index is 3280. The van der Waals surface area contributed by atoms with Crippen LogP contribution in [-0.2, 0) is 46.5 Å². The van der Waals surface area contributed by atoms with Gasteiger partial charge in [-0.05, 0) is 60.6 Å². The summed E-state index contributed by atoms with van der Waals surface area (Å²) in [5, 5.41) is 40.8. The second-order valence-electron chi connectivity index (χ2n) is 21.2.